The first-order valence-electron chi connectivity index (χ1n) is 31.6. The van der Waals surface area contributed by atoms with Gasteiger partial charge in [-0.25, -0.2) is 0 Å². The summed E-state index contributed by atoms with van der Waals surface area (Å²) in [4.78, 5) is 76.7. The molecule has 6 aromatic rings. The summed E-state index contributed by atoms with van der Waals surface area (Å²) in [5, 5.41) is -14.0. The van der Waals surface area contributed by atoms with Gasteiger partial charge < -0.3 is 0 Å². The second-order valence-electron chi connectivity index (χ2n) is 24.0. The van der Waals surface area contributed by atoms with Gasteiger partial charge in [-0.15, -0.1) is 28.0 Å². The molecule has 3 heterocycles. The Balaban J connectivity index is 0.000000254. The number of alkyl halides is 16. The van der Waals surface area contributed by atoms with Crippen LogP contribution in [0.15, 0.2) is 91.0 Å². The average Bonchev–Trinajstić information content (AvgIpc) is 0.742. The Morgan fingerprint density at radius 1 is 0.346 bits per heavy atom. The Labute approximate surface area is 602 Å². The largest absolute Gasteiger partial charge is 0.440 e. The van der Waals surface area contributed by atoms with E-state index in [1.165, 1.54) is 49.2 Å². The van der Waals surface area contributed by atoms with E-state index < -0.39 is 158 Å². The summed E-state index contributed by atoms with van der Waals surface area (Å²) in [5.74, 6) is -30.5. The summed E-state index contributed by atoms with van der Waals surface area (Å²) in [6.45, 7) is 4.48. The Kier molecular flexibility index (Phi) is 26.2. The fourth-order valence-corrected chi connectivity index (χ4v) is 12.6. The molecule has 0 saturated carbocycles. The minimum Gasteiger partial charge on any atom is -0.266 e. The minimum atomic E-state index is -7.36. The fourth-order valence-electron chi connectivity index (χ4n) is 10.4. The van der Waals surface area contributed by atoms with Crippen LogP contribution in [0.5, 0.6) is 0 Å². The number of imide groups is 3. The molecule has 37 heteroatoms. The molecule has 0 N–H and O–H groups in total. The highest BCUT2D eigenvalue weighted by Gasteiger charge is 2.85. The molecular formula is C70H63F16N3O15S3. The van der Waals surface area contributed by atoms with E-state index in [4.69, 9.17) is 0 Å². The Morgan fingerprint density at radius 3 is 0.850 bits per heavy atom. The van der Waals surface area contributed by atoms with E-state index in [9.17, 15) is 124 Å². The van der Waals surface area contributed by atoms with Crippen LogP contribution in [0.3, 0.4) is 0 Å². The Hall–Kier alpha value is -9.19. The second-order valence-corrected chi connectivity index (χ2v) is 28.7. The Bertz CT molecular complexity index is 5020. The molecule has 0 aliphatic carbocycles. The predicted molar refractivity (Wildman–Crippen MR) is 355 cm³/mol. The molecule has 0 fully saturated rings. The first kappa shape index (κ1) is 86.7. The van der Waals surface area contributed by atoms with Gasteiger partial charge in [0.05, 0.1) is 39.6 Å². The van der Waals surface area contributed by atoms with E-state index in [-0.39, 0.29) is 40.1 Å². The van der Waals surface area contributed by atoms with Crippen molar-refractivity contribution in [3.05, 3.63) is 141 Å². The third kappa shape index (κ3) is 16.6. The normalized spacial score (nSPS) is 14.5. The van der Waals surface area contributed by atoms with Gasteiger partial charge in [-0.05, 0) is 90.0 Å². The van der Waals surface area contributed by atoms with Crippen molar-refractivity contribution in [2.75, 3.05) is 6.26 Å². The van der Waals surface area contributed by atoms with Crippen molar-refractivity contribution in [3.8, 4) is 35.5 Å². The van der Waals surface area contributed by atoms with Gasteiger partial charge in [0.2, 0.25) is 0 Å². The van der Waals surface area contributed by atoms with Crippen molar-refractivity contribution in [2.45, 2.75) is 172 Å². The molecule has 3 aliphatic heterocycles. The van der Waals surface area contributed by atoms with Gasteiger partial charge in [0.15, 0.2) is 0 Å². The molecule has 3 aliphatic rings. The first-order valence-corrected chi connectivity index (χ1v) is 36.2. The van der Waals surface area contributed by atoms with E-state index in [1.54, 1.807) is 30.3 Å². The number of halogens is 16. The monoisotopic (exact) mass is 1590 g/mol. The van der Waals surface area contributed by atoms with Crippen LogP contribution in [0, 0.1) is 35.5 Å². The van der Waals surface area contributed by atoms with Gasteiger partial charge in [0, 0.05) is 66.0 Å². The zero-order chi connectivity index (χ0) is 79.5. The van der Waals surface area contributed by atoms with Gasteiger partial charge in [-0.2, -0.15) is 95.5 Å². The molecule has 0 aromatic heterocycles. The molecule has 6 amide bonds. The maximum absolute atomic E-state index is 14.3. The lowest BCUT2D eigenvalue weighted by atomic mass is 9.92. The van der Waals surface area contributed by atoms with Crippen molar-refractivity contribution in [1.82, 2.24) is 15.2 Å². The van der Waals surface area contributed by atoms with Gasteiger partial charge in [-0.3, -0.25) is 28.8 Å². The number of carbonyl (C=O) groups excluding carboxylic acids is 6. The van der Waals surface area contributed by atoms with Crippen LogP contribution in [0.25, 0.3) is 32.3 Å². The number of hydroxylamine groups is 6. The van der Waals surface area contributed by atoms with Crippen LogP contribution < -0.4 is 0 Å². The van der Waals surface area contributed by atoms with Crippen LogP contribution in [0.4, 0.5) is 70.2 Å². The van der Waals surface area contributed by atoms with Gasteiger partial charge in [0.1, 0.15) is 0 Å². The molecule has 0 spiro atoms. The molecule has 0 radical (unpaired) electrons. The summed E-state index contributed by atoms with van der Waals surface area (Å²) in [7, 11) is -18.8. The third-order valence-electron chi connectivity index (χ3n) is 16.1. The SMILES string of the molecule is C.CCCCC#Cc1ccc2c3c(cccc13)C(=O)N(OS(=O)(=O)C(F)(F)C(F)(F)C(F)(F)C(C)(F)F)C2=O.CCCCCCC#Cc1ccc2c3c(cccc13)C(=O)N(OS(=O)(=O)C(F)(F)C(F)(F)C(F)(F)C(C)(F)F)C2=O.CCCCCCC#Cc1ccc2c3c(cccc13)C(=O)N(OS(C)(=O)=O)C2=O. The molecule has 18 nitrogen and oxygen atoms in total. The number of nitrogens with zero attached hydrogens (tertiary/aromatic N) is 3. The smallest absolute Gasteiger partial charge is 0.266 e. The molecule has 0 bridgehead atoms. The van der Waals surface area contributed by atoms with E-state index in [1.807, 2.05) is 13.8 Å². The maximum Gasteiger partial charge on any atom is 0.440 e. The highest BCUT2D eigenvalue weighted by Crippen LogP contribution is 2.56. The van der Waals surface area contributed by atoms with Gasteiger partial charge in [-0.1, -0.05) is 145 Å². The lowest BCUT2D eigenvalue weighted by Gasteiger charge is -2.35. The van der Waals surface area contributed by atoms with Crippen LogP contribution >= 0.6 is 0 Å². The van der Waals surface area contributed by atoms with Crippen molar-refractivity contribution in [2.24, 2.45) is 0 Å². The van der Waals surface area contributed by atoms with Crippen LogP contribution in [-0.2, 0) is 43.2 Å². The van der Waals surface area contributed by atoms with E-state index in [2.05, 4.69) is 55.3 Å². The number of benzene rings is 6. The van der Waals surface area contributed by atoms with Crippen molar-refractivity contribution in [1.29, 1.82) is 0 Å². The lowest BCUT2D eigenvalue weighted by Crippen LogP contribution is -2.64. The zero-order valence-corrected chi connectivity index (χ0v) is 58.5. The summed E-state index contributed by atoms with van der Waals surface area (Å²) in [6.07, 6.45) is 12.7. The quantitative estimate of drug-likeness (QED) is 0.0237. The number of hydrogen-bond acceptors (Lipinski definition) is 15. The molecule has 0 saturated heterocycles. The summed E-state index contributed by atoms with van der Waals surface area (Å²) in [5.41, 5.74) is -0.122. The number of hydrogen-bond donors (Lipinski definition) is 0. The number of carbonyl (C=O) groups is 6. The summed E-state index contributed by atoms with van der Waals surface area (Å²) in [6, 6.07) is 20.4. The highest BCUT2D eigenvalue weighted by atomic mass is 32.2. The lowest BCUT2D eigenvalue weighted by molar-refractivity contribution is -0.344. The van der Waals surface area contributed by atoms with Gasteiger partial charge >= 0.3 is 66.3 Å². The topological polar surface area (TPSA) is 242 Å². The molecule has 6 aromatic carbocycles. The molecule has 107 heavy (non-hydrogen) atoms. The molecular weight excluding hydrogens is 1520 g/mol. The molecule has 0 unspecified atom stereocenters. The van der Waals surface area contributed by atoms with Crippen LogP contribution in [-0.4, -0.2) is 128 Å². The minimum absolute atomic E-state index is 0. The second kappa shape index (κ2) is 32.3. The van der Waals surface area contributed by atoms with E-state index >= 15 is 0 Å². The van der Waals surface area contributed by atoms with E-state index in [0.717, 1.165) is 93.9 Å². The predicted octanol–water partition coefficient (Wildman–Crippen LogP) is 16.6. The average molecular weight is 1590 g/mol. The number of rotatable bonds is 24. The summed E-state index contributed by atoms with van der Waals surface area (Å²) < 4.78 is 302. The summed E-state index contributed by atoms with van der Waals surface area (Å²) >= 11 is 0. The Morgan fingerprint density at radius 2 is 0.598 bits per heavy atom. The van der Waals surface area contributed by atoms with Gasteiger partial charge in [0.25, 0.3) is 45.6 Å². The molecule has 0 atom stereocenters. The van der Waals surface area contributed by atoms with E-state index in [0.29, 0.717) is 39.8 Å². The maximum atomic E-state index is 14.3. The first-order chi connectivity index (χ1) is 49.0. The van der Waals surface area contributed by atoms with Crippen LogP contribution in [0.2, 0.25) is 0 Å². The molecule has 578 valence electrons. The van der Waals surface area contributed by atoms with Crippen molar-refractivity contribution < 1.29 is 137 Å². The zero-order valence-electron chi connectivity index (χ0n) is 56.1. The highest BCUT2D eigenvalue weighted by molar-refractivity contribution is 7.88. The standard InChI is InChI=1S/C25H21F8NO5S.C23H17F8NO5S.C21H21NO5S.CH4/c1-3-4-5-6-7-8-10-15-13-14-18-19-16(15)11-9-12-17(19)20(35)34(21(18)36)39-40(37,38)25(32,33)24(30,31)23(28,29)22(2,26)27;1-3-4-5-6-8-13-11-12-16-17-14(13)9-7-10-15(17)18(33)32(19(16)34)37-38(35,36)23(30,31)22(28,29)21(26,27)20(2,24)25;1-3-4-5-6-7-8-10-15-13-14-18-19-16(15)11-9-12-17(19)20(23)22(21(18)24)27-28(2,25)26;/h9,11-14H,3-7H2,1-2H3;7,9-12H,3-5H2,1-2H3;9,11-14H,3-7H2,1-2H3;1H4. The van der Waals surface area contributed by atoms with Crippen molar-refractivity contribution in [3.63, 3.8) is 0 Å². The third-order valence-corrected chi connectivity index (χ3v) is 18.9. The fraction of sp³-hybridized carbons (Fsp3) is 0.400. The number of amides is 6. The van der Waals surface area contributed by atoms with Crippen molar-refractivity contribution >= 4 is 98.1 Å². The van der Waals surface area contributed by atoms with Crippen LogP contribution in [0.1, 0.15) is 204 Å². The number of unbranched alkanes of at least 4 members (excludes halogenated alkanes) is 10. The molecule has 9 rings (SSSR count).